The van der Waals surface area contributed by atoms with Gasteiger partial charge in [0.1, 0.15) is 5.75 Å². The van der Waals surface area contributed by atoms with Crippen molar-refractivity contribution in [3.05, 3.63) is 24.3 Å². The third-order valence-corrected chi connectivity index (χ3v) is 1.38. The van der Waals surface area contributed by atoms with Crippen molar-refractivity contribution in [1.29, 1.82) is 0 Å². The van der Waals surface area contributed by atoms with Gasteiger partial charge in [-0.15, -0.1) is 0 Å². The lowest BCUT2D eigenvalue weighted by molar-refractivity contribution is -0.131. The molecule has 5 heteroatoms. The van der Waals surface area contributed by atoms with Gasteiger partial charge in [0.05, 0.1) is 0 Å². The molecule has 14 heavy (non-hydrogen) atoms. The van der Waals surface area contributed by atoms with Crippen molar-refractivity contribution >= 4 is 17.7 Å². The van der Waals surface area contributed by atoms with Gasteiger partial charge in [-0.1, -0.05) is 0 Å². The van der Waals surface area contributed by atoms with Gasteiger partial charge in [0.15, 0.2) is 0 Å². The topological polar surface area (TPSA) is 81.4 Å². The Morgan fingerprint density at radius 2 is 1.86 bits per heavy atom. The van der Waals surface area contributed by atoms with Crippen molar-refractivity contribution in [3.63, 3.8) is 0 Å². The number of primary amides is 1. The number of carbonyl (C=O) groups excluding carboxylic acids is 2. The average Bonchev–Trinajstić information content (AvgIpc) is 2.06. The number of rotatable bonds is 2. The number of esters is 1. The number of amides is 2. The van der Waals surface area contributed by atoms with Crippen LogP contribution in [0.3, 0.4) is 0 Å². The Bertz CT molecular complexity index is 311. The highest BCUT2D eigenvalue weighted by Crippen LogP contribution is 2.15. The number of hydrogen-bond donors (Lipinski definition) is 2. The molecule has 0 saturated carbocycles. The van der Waals surface area contributed by atoms with Gasteiger partial charge in [0.25, 0.3) is 0 Å². The Hall–Kier alpha value is -2.04. The molecule has 0 saturated heterocycles. The fraction of sp³-hybridized carbons (Fsp3) is 0.111. The van der Waals surface area contributed by atoms with Crippen LogP contribution >= 0.6 is 0 Å². The van der Waals surface area contributed by atoms with Crippen LogP contribution in [0.4, 0.5) is 10.5 Å². The van der Waals surface area contributed by atoms with E-state index in [2.05, 4.69) is 5.32 Å². The Morgan fingerprint density at radius 3 is 2.29 bits per heavy atom. The third-order valence-electron chi connectivity index (χ3n) is 1.38. The first-order chi connectivity index (χ1) is 6.58. The summed E-state index contributed by atoms with van der Waals surface area (Å²) in [6.45, 7) is 1.32. The molecule has 1 rings (SSSR count). The number of benzene rings is 1. The molecule has 0 aliphatic carbocycles. The highest BCUT2D eigenvalue weighted by molar-refractivity contribution is 5.87. The summed E-state index contributed by atoms with van der Waals surface area (Å²) in [6.07, 6.45) is 0. The van der Waals surface area contributed by atoms with Crippen molar-refractivity contribution < 1.29 is 14.3 Å². The molecule has 0 unspecified atom stereocenters. The predicted molar refractivity (Wildman–Crippen MR) is 51.0 cm³/mol. The largest absolute Gasteiger partial charge is 0.427 e. The minimum Gasteiger partial charge on any atom is -0.427 e. The maximum atomic E-state index is 10.6. The van der Waals surface area contributed by atoms with Crippen molar-refractivity contribution in [2.45, 2.75) is 6.92 Å². The number of ether oxygens (including phenoxy) is 1. The Balaban J connectivity index is 2.68. The molecule has 0 atom stereocenters. The molecule has 2 amide bonds. The van der Waals surface area contributed by atoms with E-state index in [1.165, 1.54) is 6.92 Å². The number of urea groups is 1. The molecule has 1 aromatic carbocycles. The lowest BCUT2D eigenvalue weighted by Crippen LogP contribution is -2.19. The predicted octanol–water partition coefficient (Wildman–Crippen LogP) is 1.10. The van der Waals surface area contributed by atoms with Crippen LogP contribution in [0, 0.1) is 0 Å². The zero-order valence-electron chi connectivity index (χ0n) is 7.61. The Morgan fingerprint density at radius 1 is 1.29 bits per heavy atom. The van der Waals surface area contributed by atoms with Gasteiger partial charge in [-0.3, -0.25) is 4.79 Å². The van der Waals surface area contributed by atoms with E-state index in [9.17, 15) is 9.59 Å². The molecule has 0 fully saturated rings. The minimum atomic E-state index is -0.634. The molecule has 74 valence electrons. The molecule has 0 aliphatic rings. The normalized spacial score (nSPS) is 9.21. The van der Waals surface area contributed by atoms with E-state index in [4.69, 9.17) is 10.5 Å². The van der Waals surface area contributed by atoms with Crippen LogP contribution in [-0.4, -0.2) is 12.0 Å². The second-order valence-corrected chi connectivity index (χ2v) is 2.61. The van der Waals surface area contributed by atoms with Gasteiger partial charge in [-0.05, 0) is 24.3 Å². The summed E-state index contributed by atoms with van der Waals surface area (Å²) < 4.78 is 4.79. The molecule has 0 aliphatic heterocycles. The molecule has 0 radical (unpaired) electrons. The quantitative estimate of drug-likeness (QED) is 0.546. The molecule has 3 N–H and O–H groups in total. The van der Waals surface area contributed by atoms with E-state index in [-0.39, 0.29) is 5.97 Å². The van der Waals surface area contributed by atoms with E-state index in [1.54, 1.807) is 24.3 Å². The van der Waals surface area contributed by atoms with Crippen LogP contribution in [0.2, 0.25) is 0 Å². The molecule has 0 heterocycles. The summed E-state index contributed by atoms with van der Waals surface area (Å²) in [7, 11) is 0. The summed E-state index contributed by atoms with van der Waals surface area (Å²) in [4.78, 5) is 21.0. The summed E-state index contributed by atoms with van der Waals surface area (Å²) in [6, 6.07) is 5.66. The first-order valence-corrected chi connectivity index (χ1v) is 3.93. The second-order valence-electron chi connectivity index (χ2n) is 2.61. The number of carbonyl (C=O) groups is 2. The number of nitrogens with one attached hydrogen (secondary N) is 1. The second kappa shape index (κ2) is 4.27. The molecular weight excluding hydrogens is 184 g/mol. The molecule has 5 nitrogen and oxygen atoms in total. The SMILES string of the molecule is CC(=O)Oc1ccc(NC(N)=O)cc1. The van der Waals surface area contributed by atoms with Crippen molar-refractivity contribution in [2.75, 3.05) is 5.32 Å². The van der Waals surface area contributed by atoms with Crippen molar-refractivity contribution in [2.24, 2.45) is 5.73 Å². The third kappa shape index (κ3) is 3.14. The van der Waals surface area contributed by atoms with E-state index >= 15 is 0 Å². The van der Waals surface area contributed by atoms with Crippen LogP contribution in [0.1, 0.15) is 6.92 Å². The fourth-order valence-electron chi connectivity index (χ4n) is 0.915. The van der Waals surface area contributed by atoms with Gasteiger partial charge in [0, 0.05) is 12.6 Å². The van der Waals surface area contributed by atoms with Crippen molar-refractivity contribution in [1.82, 2.24) is 0 Å². The van der Waals surface area contributed by atoms with Gasteiger partial charge >= 0.3 is 12.0 Å². The Labute approximate surface area is 80.9 Å². The van der Waals surface area contributed by atoms with E-state index in [0.717, 1.165) is 0 Å². The van der Waals surface area contributed by atoms with Crippen LogP contribution in [0.15, 0.2) is 24.3 Å². The first kappa shape index (κ1) is 10.0. The molecule has 0 spiro atoms. The number of hydrogen-bond acceptors (Lipinski definition) is 3. The maximum absolute atomic E-state index is 10.6. The fourth-order valence-corrected chi connectivity index (χ4v) is 0.915. The zero-order valence-corrected chi connectivity index (χ0v) is 7.61. The number of anilines is 1. The highest BCUT2D eigenvalue weighted by atomic mass is 16.5. The lowest BCUT2D eigenvalue weighted by atomic mass is 10.3. The minimum absolute atomic E-state index is 0.388. The summed E-state index contributed by atoms with van der Waals surface area (Å²) >= 11 is 0. The first-order valence-electron chi connectivity index (χ1n) is 3.93. The summed E-state index contributed by atoms with van der Waals surface area (Å²) in [5.41, 5.74) is 5.46. The monoisotopic (exact) mass is 194 g/mol. The standard InChI is InChI=1S/C9H10N2O3/c1-6(12)14-8-4-2-7(3-5-8)11-9(10)13/h2-5H,1H3,(H3,10,11,13). The van der Waals surface area contributed by atoms with Gasteiger partial charge in [-0.25, -0.2) is 4.79 Å². The molecule has 0 bridgehead atoms. The van der Waals surface area contributed by atoms with Crippen LogP contribution in [-0.2, 0) is 4.79 Å². The number of nitrogens with two attached hydrogens (primary N) is 1. The molecule has 1 aromatic rings. The summed E-state index contributed by atoms with van der Waals surface area (Å²) in [5, 5.41) is 2.38. The summed E-state index contributed by atoms with van der Waals surface area (Å²) in [5.74, 6) is 0.0353. The molecule has 0 aromatic heterocycles. The maximum Gasteiger partial charge on any atom is 0.316 e. The smallest absolute Gasteiger partial charge is 0.316 e. The van der Waals surface area contributed by atoms with Crippen LogP contribution < -0.4 is 15.8 Å². The van der Waals surface area contributed by atoms with Crippen molar-refractivity contribution in [3.8, 4) is 5.75 Å². The van der Waals surface area contributed by atoms with E-state index in [0.29, 0.717) is 11.4 Å². The van der Waals surface area contributed by atoms with Gasteiger partial charge in [0.2, 0.25) is 0 Å². The van der Waals surface area contributed by atoms with Gasteiger partial charge in [-0.2, -0.15) is 0 Å². The lowest BCUT2D eigenvalue weighted by Gasteiger charge is -2.03. The average molecular weight is 194 g/mol. The van der Waals surface area contributed by atoms with Crippen LogP contribution in [0.5, 0.6) is 5.75 Å². The van der Waals surface area contributed by atoms with Gasteiger partial charge < -0.3 is 15.8 Å². The van der Waals surface area contributed by atoms with E-state index in [1.807, 2.05) is 0 Å². The Kier molecular flexibility index (Phi) is 3.06. The van der Waals surface area contributed by atoms with E-state index < -0.39 is 6.03 Å². The molecular formula is C9H10N2O3. The van der Waals surface area contributed by atoms with Crippen LogP contribution in [0.25, 0.3) is 0 Å². The highest BCUT2D eigenvalue weighted by Gasteiger charge is 1.99. The zero-order chi connectivity index (χ0) is 10.6.